The molecule has 0 unspecified atom stereocenters. The molecule has 1 amide bonds. The first-order chi connectivity index (χ1) is 7.67. The number of nitrogens with zero attached hydrogens (tertiary/aromatic N) is 1. The van der Waals surface area contributed by atoms with Gasteiger partial charge >= 0.3 is 0 Å². The van der Waals surface area contributed by atoms with Crippen molar-refractivity contribution in [2.75, 3.05) is 26.0 Å². The normalized spacial score (nSPS) is 13.6. The van der Waals surface area contributed by atoms with Crippen LogP contribution in [-0.2, 0) is 4.79 Å². The maximum absolute atomic E-state index is 11.3. The number of thioether (sulfide) groups is 1. The van der Waals surface area contributed by atoms with Crippen LogP contribution < -0.4 is 0 Å². The Hall–Kier alpha value is -0.170. The molecule has 0 bridgehead atoms. The number of rotatable bonds is 2. The summed E-state index contributed by atoms with van der Waals surface area (Å²) in [4.78, 5) is 13.0. The molecule has 0 saturated carbocycles. The molecule has 1 fully saturated rings. The van der Waals surface area contributed by atoms with Gasteiger partial charge < -0.3 is 10.2 Å². The lowest BCUT2D eigenvalue weighted by Crippen LogP contribution is -2.30. The zero-order chi connectivity index (χ0) is 13.0. The Bertz CT molecular complexity index is 201. The average Bonchev–Trinajstić information content (AvgIpc) is 2.69. The van der Waals surface area contributed by atoms with Crippen LogP contribution in [0.2, 0.25) is 0 Å². The van der Waals surface area contributed by atoms with Crippen LogP contribution in [0.3, 0.4) is 0 Å². The van der Waals surface area contributed by atoms with Crippen LogP contribution in [0.15, 0.2) is 0 Å². The van der Waals surface area contributed by atoms with Gasteiger partial charge in [0.05, 0.1) is 0 Å². The predicted octanol–water partition coefficient (Wildman–Crippen LogP) is 1.25. The molecule has 1 saturated heterocycles. The molecule has 2 N–H and O–H groups in total. The first kappa shape index (κ1) is 18.2. The number of hydrogen-bond acceptors (Lipinski definition) is 5. The molecule has 4 nitrogen and oxygen atoms in total. The van der Waals surface area contributed by atoms with Gasteiger partial charge in [0, 0.05) is 32.4 Å². The SMILES string of the molecule is CCCC(=O)N1CCSC1=S.CCO.CO. The second-order valence-electron chi connectivity index (χ2n) is 2.73. The number of hydrogen-bond donors (Lipinski definition) is 2. The lowest BCUT2D eigenvalue weighted by Gasteiger charge is -2.13. The van der Waals surface area contributed by atoms with E-state index in [4.69, 9.17) is 22.4 Å². The highest BCUT2D eigenvalue weighted by Gasteiger charge is 2.22. The fourth-order valence-electron chi connectivity index (χ4n) is 0.969. The van der Waals surface area contributed by atoms with Gasteiger partial charge in [-0.1, -0.05) is 30.9 Å². The van der Waals surface area contributed by atoms with E-state index in [1.165, 1.54) is 0 Å². The van der Waals surface area contributed by atoms with Gasteiger partial charge in [0.1, 0.15) is 4.32 Å². The maximum atomic E-state index is 11.3. The Morgan fingerprint density at radius 2 is 2.00 bits per heavy atom. The van der Waals surface area contributed by atoms with Crippen molar-refractivity contribution in [3.8, 4) is 0 Å². The molecule has 0 radical (unpaired) electrons. The van der Waals surface area contributed by atoms with Gasteiger partial charge in [-0.3, -0.25) is 9.69 Å². The molecule has 0 aromatic heterocycles. The molecule has 0 aromatic rings. The van der Waals surface area contributed by atoms with E-state index in [0.717, 1.165) is 30.1 Å². The number of amides is 1. The second kappa shape index (κ2) is 12.9. The summed E-state index contributed by atoms with van der Waals surface area (Å²) in [6.45, 7) is 4.74. The summed E-state index contributed by atoms with van der Waals surface area (Å²) in [5, 5.41) is 14.6. The van der Waals surface area contributed by atoms with Gasteiger partial charge in [-0.2, -0.15) is 0 Å². The van der Waals surface area contributed by atoms with Crippen LogP contribution in [0.1, 0.15) is 26.7 Å². The summed E-state index contributed by atoms with van der Waals surface area (Å²) in [6.07, 6.45) is 1.53. The number of carbonyl (C=O) groups is 1. The van der Waals surface area contributed by atoms with E-state index in [1.807, 2.05) is 6.92 Å². The molecule has 1 heterocycles. The maximum Gasteiger partial charge on any atom is 0.228 e. The topological polar surface area (TPSA) is 60.8 Å². The fourth-order valence-corrected chi connectivity index (χ4v) is 2.21. The smallest absolute Gasteiger partial charge is 0.228 e. The molecule has 0 aliphatic carbocycles. The van der Waals surface area contributed by atoms with E-state index in [-0.39, 0.29) is 12.5 Å². The molecular weight excluding hydrogens is 246 g/mol. The lowest BCUT2D eigenvalue weighted by atomic mass is 10.3. The highest BCUT2D eigenvalue weighted by atomic mass is 32.2. The van der Waals surface area contributed by atoms with Crippen molar-refractivity contribution in [1.82, 2.24) is 4.90 Å². The molecule has 96 valence electrons. The molecule has 1 aliphatic heterocycles. The van der Waals surface area contributed by atoms with Crippen LogP contribution in [0.5, 0.6) is 0 Å². The minimum Gasteiger partial charge on any atom is -0.400 e. The second-order valence-corrected chi connectivity index (χ2v) is 4.45. The van der Waals surface area contributed by atoms with Crippen molar-refractivity contribution in [2.24, 2.45) is 0 Å². The zero-order valence-corrected chi connectivity index (χ0v) is 11.7. The van der Waals surface area contributed by atoms with E-state index in [1.54, 1.807) is 23.6 Å². The van der Waals surface area contributed by atoms with E-state index in [0.29, 0.717) is 6.42 Å². The summed E-state index contributed by atoms with van der Waals surface area (Å²) < 4.78 is 0.753. The summed E-state index contributed by atoms with van der Waals surface area (Å²) in [6, 6.07) is 0. The molecule has 0 spiro atoms. The molecule has 1 aliphatic rings. The van der Waals surface area contributed by atoms with Crippen molar-refractivity contribution >= 4 is 34.2 Å². The first-order valence-electron chi connectivity index (χ1n) is 5.20. The summed E-state index contributed by atoms with van der Waals surface area (Å²) in [5.41, 5.74) is 0. The highest BCUT2D eigenvalue weighted by Crippen LogP contribution is 2.18. The van der Waals surface area contributed by atoms with Gasteiger partial charge in [-0.05, 0) is 13.3 Å². The molecule has 6 heteroatoms. The van der Waals surface area contributed by atoms with Gasteiger partial charge in [0.25, 0.3) is 0 Å². The third-order valence-corrected chi connectivity index (χ3v) is 2.95. The standard InChI is InChI=1S/C7H11NOS2.C2H6O.CH4O/c1-2-3-6(9)8-4-5-11-7(8)10;1-2-3;1-2/h2-5H2,1H3;3H,2H2,1H3;2H,1H3. The predicted molar refractivity (Wildman–Crippen MR) is 72.6 cm³/mol. The molecule has 0 aromatic carbocycles. The summed E-state index contributed by atoms with van der Waals surface area (Å²) in [7, 11) is 1.00. The van der Waals surface area contributed by atoms with Crippen molar-refractivity contribution < 1.29 is 15.0 Å². The van der Waals surface area contributed by atoms with Gasteiger partial charge in [0.2, 0.25) is 5.91 Å². The van der Waals surface area contributed by atoms with E-state index in [2.05, 4.69) is 0 Å². The van der Waals surface area contributed by atoms with Gasteiger partial charge in [-0.15, -0.1) is 0 Å². The van der Waals surface area contributed by atoms with Crippen molar-refractivity contribution in [3.63, 3.8) is 0 Å². The Morgan fingerprint density at radius 3 is 2.31 bits per heavy atom. The van der Waals surface area contributed by atoms with E-state index >= 15 is 0 Å². The minimum absolute atomic E-state index is 0.183. The third kappa shape index (κ3) is 8.04. The van der Waals surface area contributed by atoms with Crippen molar-refractivity contribution in [3.05, 3.63) is 0 Å². The third-order valence-electron chi connectivity index (χ3n) is 1.53. The van der Waals surface area contributed by atoms with Crippen LogP contribution in [-0.4, -0.2) is 51.4 Å². The number of aliphatic hydroxyl groups is 2. The van der Waals surface area contributed by atoms with Crippen molar-refractivity contribution in [2.45, 2.75) is 26.7 Å². The number of aliphatic hydroxyl groups excluding tert-OH is 2. The van der Waals surface area contributed by atoms with Crippen LogP contribution in [0.25, 0.3) is 0 Å². The highest BCUT2D eigenvalue weighted by molar-refractivity contribution is 8.23. The Kier molecular flexibility index (Phi) is 14.7. The molecular formula is C10H21NO3S2. The molecule has 16 heavy (non-hydrogen) atoms. The lowest BCUT2D eigenvalue weighted by molar-refractivity contribution is -0.126. The monoisotopic (exact) mass is 267 g/mol. The first-order valence-corrected chi connectivity index (χ1v) is 6.59. The minimum atomic E-state index is 0.183. The zero-order valence-electron chi connectivity index (χ0n) is 10.1. The Labute approximate surface area is 107 Å². The van der Waals surface area contributed by atoms with Crippen LogP contribution in [0, 0.1) is 0 Å². The van der Waals surface area contributed by atoms with Crippen molar-refractivity contribution in [1.29, 1.82) is 0 Å². The van der Waals surface area contributed by atoms with E-state index in [9.17, 15) is 4.79 Å². The summed E-state index contributed by atoms with van der Waals surface area (Å²) in [5.74, 6) is 1.15. The Morgan fingerprint density at radius 1 is 1.50 bits per heavy atom. The molecule has 0 atom stereocenters. The van der Waals surface area contributed by atoms with Crippen LogP contribution >= 0.6 is 24.0 Å². The Balaban J connectivity index is 0. The number of thiocarbonyl (C=S) groups is 1. The van der Waals surface area contributed by atoms with Gasteiger partial charge in [0.15, 0.2) is 0 Å². The summed E-state index contributed by atoms with van der Waals surface area (Å²) >= 11 is 6.60. The average molecular weight is 267 g/mol. The van der Waals surface area contributed by atoms with E-state index < -0.39 is 0 Å². The number of carbonyl (C=O) groups excluding carboxylic acids is 1. The fraction of sp³-hybridized carbons (Fsp3) is 0.800. The van der Waals surface area contributed by atoms with Gasteiger partial charge in [-0.25, -0.2) is 0 Å². The quantitative estimate of drug-likeness (QED) is 0.738. The molecule has 1 rings (SSSR count). The largest absolute Gasteiger partial charge is 0.400 e. The van der Waals surface area contributed by atoms with Crippen LogP contribution in [0.4, 0.5) is 0 Å².